The molecule has 1 unspecified atom stereocenters. The van der Waals surface area contributed by atoms with E-state index in [1.807, 2.05) is 19.9 Å². The van der Waals surface area contributed by atoms with Crippen LogP contribution in [0.2, 0.25) is 5.02 Å². The predicted octanol–water partition coefficient (Wildman–Crippen LogP) is 4.12. The Balaban J connectivity index is 1.83. The van der Waals surface area contributed by atoms with E-state index in [2.05, 4.69) is 38.4 Å². The number of piperidine rings is 1. The van der Waals surface area contributed by atoms with E-state index in [0.29, 0.717) is 16.9 Å². The minimum Gasteiger partial charge on any atom is -0.355 e. The molecule has 1 aliphatic heterocycles. The van der Waals surface area contributed by atoms with Gasteiger partial charge < -0.3 is 10.2 Å². The number of nitrogens with zero attached hydrogens (tertiary/aromatic N) is 4. The van der Waals surface area contributed by atoms with Gasteiger partial charge in [0.1, 0.15) is 0 Å². The van der Waals surface area contributed by atoms with Crippen molar-refractivity contribution in [3.63, 3.8) is 0 Å². The molecular formula is C17H22ClN5. The summed E-state index contributed by atoms with van der Waals surface area (Å²) in [5.74, 6) is 2.04. The number of benzene rings is 1. The van der Waals surface area contributed by atoms with Gasteiger partial charge in [-0.3, -0.25) is 0 Å². The molecule has 0 aliphatic carbocycles. The minimum atomic E-state index is 0.481. The average molecular weight is 332 g/mol. The second-order valence-electron chi connectivity index (χ2n) is 6.40. The first-order valence-electron chi connectivity index (χ1n) is 8.01. The number of rotatable bonds is 3. The smallest absolute Gasteiger partial charge is 0.249 e. The van der Waals surface area contributed by atoms with Gasteiger partial charge in [-0.15, -0.1) is 5.10 Å². The molecule has 3 rings (SSSR count). The maximum absolute atomic E-state index is 6.34. The molecule has 1 aromatic heterocycles. The first kappa shape index (κ1) is 16.0. The summed E-state index contributed by atoms with van der Waals surface area (Å²) >= 11 is 6.34. The van der Waals surface area contributed by atoms with E-state index in [4.69, 9.17) is 11.6 Å². The first-order valence-corrected chi connectivity index (χ1v) is 8.39. The van der Waals surface area contributed by atoms with Crippen LogP contribution in [0, 0.1) is 19.8 Å². The summed E-state index contributed by atoms with van der Waals surface area (Å²) in [6.45, 7) is 8.36. The molecule has 1 aliphatic rings. The zero-order valence-corrected chi connectivity index (χ0v) is 14.6. The van der Waals surface area contributed by atoms with E-state index in [1.54, 1.807) is 6.20 Å². The van der Waals surface area contributed by atoms with Crippen molar-refractivity contribution in [2.45, 2.75) is 33.6 Å². The fourth-order valence-corrected chi connectivity index (χ4v) is 3.45. The summed E-state index contributed by atoms with van der Waals surface area (Å²) in [5, 5.41) is 12.1. The highest BCUT2D eigenvalue weighted by atomic mass is 35.5. The average Bonchev–Trinajstić information content (AvgIpc) is 2.51. The lowest BCUT2D eigenvalue weighted by molar-refractivity contribution is 0.444. The van der Waals surface area contributed by atoms with Crippen LogP contribution >= 0.6 is 11.6 Å². The Morgan fingerprint density at radius 2 is 2.13 bits per heavy atom. The van der Waals surface area contributed by atoms with E-state index >= 15 is 0 Å². The van der Waals surface area contributed by atoms with E-state index in [1.165, 1.54) is 12.8 Å². The van der Waals surface area contributed by atoms with Gasteiger partial charge in [-0.1, -0.05) is 24.6 Å². The second kappa shape index (κ2) is 6.71. The Kier molecular flexibility index (Phi) is 4.66. The Hall–Kier alpha value is -1.88. The molecule has 0 radical (unpaired) electrons. The molecule has 122 valence electrons. The number of aromatic nitrogens is 3. The third-order valence-corrected chi connectivity index (χ3v) is 4.49. The molecule has 0 bridgehead atoms. The number of halogens is 1. The Bertz CT molecular complexity index is 680. The van der Waals surface area contributed by atoms with Gasteiger partial charge >= 0.3 is 0 Å². The monoisotopic (exact) mass is 331 g/mol. The third kappa shape index (κ3) is 3.72. The van der Waals surface area contributed by atoms with Gasteiger partial charge in [0.15, 0.2) is 5.82 Å². The SMILES string of the molecule is Cc1cc(C)c(Nc2nncc(N3CCCC(C)C3)n2)c(Cl)c1. The summed E-state index contributed by atoms with van der Waals surface area (Å²) in [6.07, 6.45) is 4.20. The summed E-state index contributed by atoms with van der Waals surface area (Å²) in [4.78, 5) is 6.89. The van der Waals surface area contributed by atoms with E-state index in [0.717, 1.165) is 35.7 Å². The molecule has 0 spiro atoms. The molecule has 2 heterocycles. The lowest BCUT2D eigenvalue weighted by Gasteiger charge is -2.31. The summed E-state index contributed by atoms with van der Waals surface area (Å²) < 4.78 is 0. The maximum Gasteiger partial charge on any atom is 0.249 e. The molecule has 0 amide bonds. The molecule has 1 atom stereocenters. The quantitative estimate of drug-likeness (QED) is 0.916. The molecule has 1 saturated heterocycles. The van der Waals surface area contributed by atoms with Crippen LogP contribution in [-0.2, 0) is 0 Å². The largest absolute Gasteiger partial charge is 0.355 e. The normalized spacial score (nSPS) is 18.1. The Labute approximate surface area is 142 Å². The predicted molar refractivity (Wildman–Crippen MR) is 94.6 cm³/mol. The first-order chi connectivity index (χ1) is 11.0. The van der Waals surface area contributed by atoms with Gasteiger partial charge in [0.2, 0.25) is 5.95 Å². The highest BCUT2D eigenvalue weighted by Crippen LogP contribution is 2.29. The fourth-order valence-electron chi connectivity index (χ4n) is 3.08. The molecule has 1 aromatic carbocycles. The summed E-state index contributed by atoms with van der Waals surface area (Å²) in [5.41, 5.74) is 3.03. The number of nitrogens with one attached hydrogen (secondary N) is 1. The van der Waals surface area contributed by atoms with Crippen molar-refractivity contribution in [3.8, 4) is 0 Å². The molecule has 23 heavy (non-hydrogen) atoms. The number of anilines is 3. The zero-order valence-electron chi connectivity index (χ0n) is 13.8. The molecule has 6 heteroatoms. The fraction of sp³-hybridized carbons (Fsp3) is 0.471. The van der Waals surface area contributed by atoms with Crippen LogP contribution in [0.5, 0.6) is 0 Å². The van der Waals surface area contributed by atoms with E-state index < -0.39 is 0 Å². The number of hydrogen-bond acceptors (Lipinski definition) is 5. The Morgan fingerprint density at radius 1 is 1.30 bits per heavy atom. The zero-order chi connectivity index (χ0) is 16.4. The van der Waals surface area contributed by atoms with Crippen molar-refractivity contribution >= 4 is 29.1 Å². The van der Waals surface area contributed by atoms with Crippen LogP contribution in [0.25, 0.3) is 0 Å². The van der Waals surface area contributed by atoms with Crippen LogP contribution in [0.1, 0.15) is 30.9 Å². The number of hydrogen-bond donors (Lipinski definition) is 1. The van der Waals surface area contributed by atoms with Crippen LogP contribution in [-0.4, -0.2) is 28.3 Å². The van der Waals surface area contributed by atoms with Gasteiger partial charge in [0.25, 0.3) is 0 Å². The van der Waals surface area contributed by atoms with Gasteiger partial charge in [0.05, 0.1) is 16.9 Å². The highest BCUT2D eigenvalue weighted by molar-refractivity contribution is 6.33. The van der Waals surface area contributed by atoms with Gasteiger partial charge in [-0.25, -0.2) is 0 Å². The minimum absolute atomic E-state index is 0.481. The lowest BCUT2D eigenvalue weighted by atomic mass is 10.0. The van der Waals surface area contributed by atoms with Crippen molar-refractivity contribution in [2.75, 3.05) is 23.3 Å². The lowest BCUT2D eigenvalue weighted by Crippen LogP contribution is -2.35. The van der Waals surface area contributed by atoms with Crippen molar-refractivity contribution in [1.82, 2.24) is 15.2 Å². The van der Waals surface area contributed by atoms with Crippen LogP contribution in [0.4, 0.5) is 17.5 Å². The van der Waals surface area contributed by atoms with Crippen LogP contribution in [0.15, 0.2) is 18.3 Å². The van der Waals surface area contributed by atoms with Crippen LogP contribution in [0.3, 0.4) is 0 Å². The Morgan fingerprint density at radius 3 is 2.87 bits per heavy atom. The van der Waals surface area contributed by atoms with Crippen molar-refractivity contribution in [1.29, 1.82) is 0 Å². The standard InChI is InChI=1S/C17H22ClN5/c1-11-5-4-6-23(10-11)15-9-19-22-17(20-15)21-16-13(3)7-12(2)8-14(16)18/h7-9,11H,4-6,10H2,1-3H3,(H,20,21,22). The molecule has 5 nitrogen and oxygen atoms in total. The summed E-state index contributed by atoms with van der Waals surface area (Å²) in [7, 11) is 0. The molecule has 0 saturated carbocycles. The number of aryl methyl sites for hydroxylation is 2. The maximum atomic E-state index is 6.34. The highest BCUT2D eigenvalue weighted by Gasteiger charge is 2.18. The van der Waals surface area contributed by atoms with Crippen molar-refractivity contribution in [3.05, 3.63) is 34.5 Å². The summed E-state index contributed by atoms with van der Waals surface area (Å²) in [6, 6.07) is 4.01. The molecule has 1 N–H and O–H groups in total. The van der Waals surface area contributed by atoms with Crippen molar-refractivity contribution < 1.29 is 0 Å². The van der Waals surface area contributed by atoms with Gasteiger partial charge in [0, 0.05) is 13.1 Å². The second-order valence-corrected chi connectivity index (χ2v) is 6.80. The van der Waals surface area contributed by atoms with E-state index in [-0.39, 0.29) is 0 Å². The molecule has 2 aromatic rings. The molecular weight excluding hydrogens is 310 g/mol. The molecule has 1 fully saturated rings. The van der Waals surface area contributed by atoms with E-state index in [9.17, 15) is 0 Å². The van der Waals surface area contributed by atoms with Crippen molar-refractivity contribution in [2.24, 2.45) is 5.92 Å². The van der Waals surface area contributed by atoms with Gasteiger partial charge in [-0.05, 0) is 49.8 Å². The topological polar surface area (TPSA) is 53.9 Å². The van der Waals surface area contributed by atoms with Gasteiger partial charge in [-0.2, -0.15) is 10.1 Å². The van der Waals surface area contributed by atoms with Crippen LogP contribution < -0.4 is 10.2 Å². The third-order valence-electron chi connectivity index (χ3n) is 4.20.